The summed E-state index contributed by atoms with van der Waals surface area (Å²) in [5, 5.41) is 9.91. The van der Waals surface area contributed by atoms with Crippen molar-refractivity contribution in [1.29, 1.82) is 0 Å². The Morgan fingerprint density at radius 3 is 2.90 bits per heavy atom. The van der Waals surface area contributed by atoms with Crippen LogP contribution in [0.4, 0.5) is 0 Å². The summed E-state index contributed by atoms with van der Waals surface area (Å²) in [5.41, 5.74) is 2.29. The summed E-state index contributed by atoms with van der Waals surface area (Å²) in [7, 11) is 0. The van der Waals surface area contributed by atoms with Gasteiger partial charge >= 0.3 is 0 Å². The molecule has 0 radical (unpaired) electrons. The molecule has 1 atom stereocenters. The molecule has 0 saturated carbocycles. The number of fused-ring (bicyclic) bond motifs is 1. The van der Waals surface area contributed by atoms with Crippen LogP contribution in [0.5, 0.6) is 5.75 Å². The normalized spacial score (nSPS) is 18.1. The molecule has 1 aliphatic carbocycles. The maximum absolute atomic E-state index is 9.91. The summed E-state index contributed by atoms with van der Waals surface area (Å²) in [4.78, 5) is 0. The Hall–Kier alpha value is -1.06. The molecule has 0 bridgehead atoms. The first kappa shape index (κ1) is 15.3. The van der Waals surface area contributed by atoms with Gasteiger partial charge in [-0.2, -0.15) is 0 Å². The lowest BCUT2D eigenvalue weighted by atomic mass is 9.89. The van der Waals surface area contributed by atoms with Crippen molar-refractivity contribution < 1.29 is 14.6 Å². The van der Waals surface area contributed by atoms with Gasteiger partial charge in [-0.05, 0) is 54.9 Å². The number of aliphatic hydroxyl groups excluding tert-OH is 1. The summed E-state index contributed by atoms with van der Waals surface area (Å²) < 4.78 is 11.2. The van der Waals surface area contributed by atoms with E-state index in [9.17, 15) is 5.11 Å². The number of aliphatic hydroxyl groups is 1. The minimum atomic E-state index is -0.299. The summed E-state index contributed by atoms with van der Waals surface area (Å²) in [6, 6.07) is 6.00. The number of benzene rings is 1. The highest BCUT2D eigenvalue weighted by atomic mass is 16.5. The van der Waals surface area contributed by atoms with Gasteiger partial charge in [0, 0.05) is 6.61 Å². The van der Waals surface area contributed by atoms with Gasteiger partial charge in [-0.1, -0.05) is 19.9 Å². The van der Waals surface area contributed by atoms with Crippen molar-refractivity contribution in [3.05, 3.63) is 29.3 Å². The zero-order valence-electron chi connectivity index (χ0n) is 12.6. The molecule has 0 heterocycles. The van der Waals surface area contributed by atoms with Gasteiger partial charge in [0.15, 0.2) is 0 Å². The fraction of sp³-hybridized carbons (Fsp3) is 0.647. The highest BCUT2D eigenvalue weighted by Crippen LogP contribution is 2.31. The fourth-order valence-corrected chi connectivity index (χ4v) is 2.49. The Morgan fingerprint density at radius 2 is 2.10 bits per heavy atom. The van der Waals surface area contributed by atoms with Crippen molar-refractivity contribution in [2.75, 3.05) is 19.8 Å². The molecule has 0 aromatic heterocycles. The minimum Gasteiger partial charge on any atom is -0.491 e. The molecular formula is C17H26O3. The van der Waals surface area contributed by atoms with E-state index in [1.54, 1.807) is 0 Å². The van der Waals surface area contributed by atoms with E-state index in [1.165, 1.54) is 5.56 Å². The quantitative estimate of drug-likeness (QED) is 0.776. The topological polar surface area (TPSA) is 38.7 Å². The van der Waals surface area contributed by atoms with E-state index in [-0.39, 0.29) is 6.10 Å². The van der Waals surface area contributed by atoms with E-state index < -0.39 is 0 Å². The zero-order chi connectivity index (χ0) is 14.4. The minimum absolute atomic E-state index is 0.299. The van der Waals surface area contributed by atoms with Crippen molar-refractivity contribution in [3.8, 4) is 5.75 Å². The van der Waals surface area contributed by atoms with E-state index >= 15 is 0 Å². The average Bonchev–Trinajstić information content (AvgIpc) is 2.42. The van der Waals surface area contributed by atoms with E-state index in [1.807, 2.05) is 12.1 Å². The molecule has 1 aromatic carbocycles. The number of ether oxygens (including phenoxy) is 2. The van der Waals surface area contributed by atoms with E-state index in [2.05, 4.69) is 19.9 Å². The predicted octanol–water partition coefficient (Wildman–Crippen LogP) is 3.50. The Bertz CT molecular complexity index is 415. The van der Waals surface area contributed by atoms with Crippen molar-refractivity contribution in [2.45, 2.75) is 45.6 Å². The zero-order valence-corrected chi connectivity index (χ0v) is 12.6. The van der Waals surface area contributed by atoms with Crippen molar-refractivity contribution in [1.82, 2.24) is 0 Å². The summed E-state index contributed by atoms with van der Waals surface area (Å²) in [5.74, 6) is 1.56. The molecule has 3 heteroatoms. The standard InChI is InChI=1S/C17H26O3/c1-13(2)8-9-19-10-11-20-15-6-7-16-14(12-15)4-3-5-17(16)18/h6-7,12-13,17-18H,3-5,8-11H2,1-2H3. The first-order valence-corrected chi connectivity index (χ1v) is 7.68. The highest BCUT2D eigenvalue weighted by Gasteiger charge is 2.17. The molecule has 2 rings (SSSR count). The number of hydrogen-bond donors (Lipinski definition) is 1. The van der Waals surface area contributed by atoms with Crippen LogP contribution in [0.1, 0.15) is 50.3 Å². The molecule has 3 nitrogen and oxygen atoms in total. The molecule has 0 aliphatic heterocycles. The molecular weight excluding hydrogens is 252 g/mol. The monoisotopic (exact) mass is 278 g/mol. The van der Waals surface area contributed by atoms with Crippen LogP contribution in [-0.2, 0) is 11.2 Å². The Kier molecular flexibility index (Phi) is 5.86. The number of rotatable bonds is 7. The predicted molar refractivity (Wildman–Crippen MR) is 80.1 cm³/mol. The summed E-state index contributed by atoms with van der Waals surface area (Å²) in [6.45, 7) is 6.41. The van der Waals surface area contributed by atoms with Gasteiger partial charge in [0.25, 0.3) is 0 Å². The largest absolute Gasteiger partial charge is 0.491 e. The van der Waals surface area contributed by atoms with Gasteiger partial charge in [0.1, 0.15) is 12.4 Å². The lowest BCUT2D eigenvalue weighted by Crippen LogP contribution is -2.11. The maximum atomic E-state index is 9.91. The third kappa shape index (κ3) is 4.50. The Morgan fingerprint density at radius 1 is 1.25 bits per heavy atom. The molecule has 20 heavy (non-hydrogen) atoms. The third-order valence-electron chi connectivity index (χ3n) is 3.73. The van der Waals surface area contributed by atoms with Gasteiger partial charge in [-0.15, -0.1) is 0 Å². The maximum Gasteiger partial charge on any atom is 0.119 e. The lowest BCUT2D eigenvalue weighted by molar-refractivity contribution is 0.0924. The second kappa shape index (κ2) is 7.65. The number of hydrogen-bond acceptors (Lipinski definition) is 3. The summed E-state index contributed by atoms with van der Waals surface area (Å²) in [6.07, 6.45) is 3.75. The van der Waals surface area contributed by atoms with Crippen LogP contribution < -0.4 is 4.74 Å². The smallest absolute Gasteiger partial charge is 0.119 e. The first-order chi connectivity index (χ1) is 9.66. The molecule has 1 aromatic rings. The molecule has 0 spiro atoms. The van der Waals surface area contributed by atoms with Crippen LogP contribution in [0.25, 0.3) is 0 Å². The lowest BCUT2D eigenvalue weighted by Gasteiger charge is -2.21. The summed E-state index contributed by atoms with van der Waals surface area (Å²) >= 11 is 0. The Balaban J connectivity index is 1.74. The van der Waals surface area contributed by atoms with Gasteiger partial charge in [-0.25, -0.2) is 0 Å². The van der Waals surface area contributed by atoms with Crippen LogP contribution in [0.2, 0.25) is 0 Å². The van der Waals surface area contributed by atoms with Crippen LogP contribution in [0, 0.1) is 5.92 Å². The van der Waals surface area contributed by atoms with Crippen molar-refractivity contribution in [2.24, 2.45) is 5.92 Å². The molecule has 1 aliphatic rings. The first-order valence-electron chi connectivity index (χ1n) is 7.68. The number of aryl methyl sites for hydroxylation is 1. The van der Waals surface area contributed by atoms with Crippen molar-refractivity contribution >= 4 is 0 Å². The van der Waals surface area contributed by atoms with Gasteiger partial charge in [-0.3, -0.25) is 0 Å². The van der Waals surface area contributed by atoms with Crippen LogP contribution in [0.15, 0.2) is 18.2 Å². The van der Waals surface area contributed by atoms with Crippen LogP contribution in [-0.4, -0.2) is 24.9 Å². The van der Waals surface area contributed by atoms with Gasteiger partial charge in [0.05, 0.1) is 12.7 Å². The average molecular weight is 278 g/mol. The Labute approximate surface area is 121 Å². The molecule has 1 N–H and O–H groups in total. The molecule has 0 amide bonds. The molecule has 0 fully saturated rings. The van der Waals surface area contributed by atoms with Crippen LogP contribution in [0.3, 0.4) is 0 Å². The molecule has 1 unspecified atom stereocenters. The van der Waals surface area contributed by atoms with Gasteiger partial charge < -0.3 is 14.6 Å². The second-order valence-electron chi connectivity index (χ2n) is 5.91. The fourth-order valence-electron chi connectivity index (χ4n) is 2.49. The van der Waals surface area contributed by atoms with Gasteiger partial charge in [0.2, 0.25) is 0 Å². The van der Waals surface area contributed by atoms with E-state index in [4.69, 9.17) is 9.47 Å². The third-order valence-corrected chi connectivity index (χ3v) is 3.73. The van der Waals surface area contributed by atoms with Crippen LogP contribution >= 0.6 is 0 Å². The van der Waals surface area contributed by atoms with Crippen molar-refractivity contribution in [3.63, 3.8) is 0 Å². The van der Waals surface area contributed by atoms with E-state index in [0.717, 1.165) is 43.6 Å². The molecule has 112 valence electrons. The second-order valence-corrected chi connectivity index (χ2v) is 5.91. The SMILES string of the molecule is CC(C)CCOCCOc1ccc2c(c1)CCCC2O. The highest BCUT2D eigenvalue weighted by molar-refractivity contribution is 5.38. The molecule has 0 saturated heterocycles. The van der Waals surface area contributed by atoms with E-state index in [0.29, 0.717) is 19.1 Å².